The zero-order valence-electron chi connectivity index (χ0n) is 18.4. The predicted molar refractivity (Wildman–Crippen MR) is 120 cm³/mol. The maximum atomic E-state index is 13.4. The summed E-state index contributed by atoms with van der Waals surface area (Å²) in [6.07, 6.45) is 6.71. The van der Waals surface area contributed by atoms with Gasteiger partial charge >= 0.3 is 0 Å². The Morgan fingerprint density at radius 2 is 1.94 bits per heavy atom. The fourth-order valence-electron chi connectivity index (χ4n) is 4.65. The topological polar surface area (TPSA) is 79.3 Å². The van der Waals surface area contributed by atoms with Crippen LogP contribution >= 0.6 is 0 Å². The number of amides is 1. The van der Waals surface area contributed by atoms with Crippen molar-refractivity contribution in [2.75, 3.05) is 32.8 Å². The number of aromatic nitrogens is 4. The lowest BCUT2D eigenvalue weighted by atomic mass is 10.0. The van der Waals surface area contributed by atoms with Crippen LogP contribution in [0, 0.1) is 0 Å². The first-order valence-corrected chi connectivity index (χ1v) is 11.5. The summed E-state index contributed by atoms with van der Waals surface area (Å²) in [6.45, 7) is 5.80. The number of carbonyl (C=O) groups is 1. The molecule has 0 spiro atoms. The highest BCUT2D eigenvalue weighted by atomic mass is 16.5. The van der Waals surface area contributed by atoms with Crippen LogP contribution in [0.1, 0.15) is 39.3 Å². The molecule has 3 aromatic rings. The van der Waals surface area contributed by atoms with Crippen LogP contribution in [0.2, 0.25) is 0 Å². The number of rotatable bonds is 7. The third kappa shape index (κ3) is 4.61. The van der Waals surface area contributed by atoms with Crippen molar-refractivity contribution in [2.24, 2.45) is 0 Å². The van der Waals surface area contributed by atoms with Crippen molar-refractivity contribution in [3.05, 3.63) is 70.8 Å². The van der Waals surface area contributed by atoms with Gasteiger partial charge < -0.3 is 9.64 Å². The Labute approximate surface area is 188 Å². The zero-order valence-corrected chi connectivity index (χ0v) is 18.4. The van der Waals surface area contributed by atoms with Crippen molar-refractivity contribution in [1.82, 2.24) is 29.8 Å². The van der Waals surface area contributed by atoms with E-state index in [4.69, 9.17) is 9.84 Å². The van der Waals surface area contributed by atoms with Crippen LogP contribution in [0.15, 0.2) is 42.7 Å². The number of aryl methyl sites for hydroxylation is 2. The van der Waals surface area contributed by atoms with Gasteiger partial charge in [-0.3, -0.25) is 19.5 Å². The van der Waals surface area contributed by atoms with Gasteiger partial charge in [-0.05, 0) is 18.4 Å². The van der Waals surface area contributed by atoms with Gasteiger partial charge in [0, 0.05) is 68.7 Å². The molecule has 0 aliphatic carbocycles. The molecular formula is C24H30N6O2. The van der Waals surface area contributed by atoms with E-state index in [0.717, 1.165) is 56.6 Å². The van der Waals surface area contributed by atoms with Gasteiger partial charge in [0.2, 0.25) is 0 Å². The minimum Gasteiger partial charge on any atom is -0.378 e. The molecule has 8 nitrogen and oxygen atoms in total. The van der Waals surface area contributed by atoms with Crippen LogP contribution in [0.25, 0.3) is 0 Å². The van der Waals surface area contributed by atoms with Gasteiger partial charge in [-0.2, -0.15) is 10.2 Å². The number of hydrogen-bond donors (Lipinski definition) is 1. The minimum atomic E-state index is 0.0384. The van der Waals surface area contributed by atoms with Gasteiger partial charge in [0.1, 0.15) is 0 Å². The molecule has 5 rings (SSSR count). The van der Waals surface area contributed by atoms with E-state index in [1.807, 2.05) is 23.4 Å². The number of benzene rings is 1. The van der Waals surface area contributed by atoms with E-state index >= 15 is 0 Å². The molecule has 8 heteroatoms. The molecule has 168 valence electrons. The van der Waals surface area contributed by atoms with Gasteiger partial charge in [-0.25, -0.2) is 0 Å². The fourth-order valence-corrected chi connectivity index (χ4v) is 4.65. The van der Waals surface area contributed by atoms with E-state index in [2.05, 4.69) is 44.0 Å². The Morgan fingerprint density at radius 3 is 2.72 bits per heavy atom. The summed E-state index contributed by atoms with van der Waals surface area (Å²) in [7, 11) is 0. The van der Waals surface area contributed by atoms with Crippen LogP contribution in [-0.4, -0.2) is 68.5 Å². The number of fused-ring (bicyclic) bond motifs is 1. The number of hydrogen-bond acceptors (Lipinski definition) is 5. The summed E-state index contributed by atoms with van der Waals surface area (Å²) in [5.74, 6) is 0.0384. The molecule has 0 atom stereocenters. The molecule has 32 heavy (non-hydrogen) atoms. The van der Waals surface area contributed by atoms with E-state index in [1.54, 1.807) is 0 Å². The maximum absolute atomic E-state index is 13.4. The van der Waals surface area contributed by atoms with Gasteiger partial charge in [0.05, 0.1) is 19.4 Å². The second-order valence-electron chi connectivity index (χ2n) is 8.56. The largest absolute Gasteiger partial charge is 0.378 e. The SMILES string of the molecule is O=C(c1nn(CCCc2ccccc2)c2c1CN(Cc1cn[nH]c1)CC2)N1CCOCC1. The third-order valence-electron chi connectivity index (χ3n) is 6.35. The number of ether oxygens (including phenoxy) is 1. The summed E-state index contributed by atoms with van der Waals surface area (Å²) in [5.41, 5.74) is 5.43. The molecule has 2 aromatic heterocycles. The standard InChI is InChI=1S/C24H30N6O2/c31-24(29-11-13-32-14-12-29)23-21-18-28(17-20-15-25-26-16-20)10-8-22(21)30(27-23)9-4-7-19-5-2-1-3-6-19/h1-3,5-6,15-16H,4,7-14,17-18H2,(H,25,26). The van der Waals surface area contributed by atoms with Gasteiger partial charge in [0.25, 0.3) is 5.91 Å². The van der Waals surface area contributed by atoms with E-state index < -0.39 is 0 Å². The molecule has 1 fully saturated rings. The van der Waals surface area contributed by atoms with Crippen molar-refractivity contribution in [2.45, 2.75) is 38.9 Å². The van der Waals surface area contributed by atoms with Crippen LogP contribution in [0.3, 0.4) is 0 Å². The van der Waals surface area contributed by atoms with E-state index in [9.17, 15) is 4.79 Å². The average Bonchev–Trinajstić information content (AvgIpc) is 3.48. The molecule has 4 heterocycles. The average molecular weight is 435 g/mol. The number of carbonyl (C=O) groups excluding carboxylic acids is 1. The number of nitrogens with zero attached hydrogens (tertiary/aromatic N) is 5. The number of nitrogens with one attached hydrogen (secondary N) is 1. The predicted octanol–water partition coefficient (Wildman–Crippen LogP) is 2.27. The Hall–Kier alpha value is -2.97. The lowest BCUT2D eigenvalue weighted by Gasteiger charge is -2.29. The highest BCUT2D eigenvalue weighted by molar-refractivity contribution is 5.94. The second kappa shape index (κ2) is 9.67. The summed E-state index contributed by atoms with van der Waals surface area (Å²) < 4.78 is 7.54. The van der Waals surface area contributed by atoms with Crippen molar-refractivity contribution in [1.29, 1.82) is 0 Å². The van der Waals surface area contributed by atoms with Crippen molar-refractivity contribution in [3.8, 4) is 0 Å². The lowest BCUT2D eigenvalue weighted by molar-refractivity contribution is 0.0297. The highest BCUT2D eigenvalue weighted by Gasteiger charge is 2.31. The number of morpholine rings is 1. The van der Waals surface area contributed by atoms with Gasteiger partial charge in [-0.1, -0.05) is 30.3 Å². The van der Waals surface area contributed by atoms with Crippen molar-refractivity contribution >= 4 is 5.91 Å². The fraction of sp³-hybridized carbons (Fsp3) is 0.458. The molecule has 2 aliphatic heterocycles. The normalized spacial score (nSPS) is 16.8. The maximum Gasteiger partial charge on any atom is 0.274 e. The Morgan fingerprint density at radius 1 is 1.09 bits per heavy atom. The quantitative estimate of drug-likeness (QED) is 0.617. The monoisotopic (exact) mass is 434 g/mol. The Bertz CT molecular complexity index is 1020. The first-order chi connectivity index (χ1) is 15.8. The molecule has 2 aliphatic rings. The first kappa shape index (κ1) is 20.9. The number of H-pyrrole nitrogens is 1. The van der Waals surface area contributed by atoms with E-state index in [1.165, 1.54) is 11.3 Å². The molecule has 1 N–H and O–H groups in total. The summed E-state index contributed by atoms with van der Waals surface area (Å²) in [6, 6.07) is 10.5. The molecule has 0 radical (unpaired) electrons. The van der Waals surface area contributed by atoms with E-state index in [0.29, 0.717) is 32.0 Å². The van der Waals surface area contributed by atoms with Crippen LogP contribution in [-0.2, 0) is 37.2 Å². The third-order valence-corrected chi connectivity index (χ3v) is 6.35. The molecular weight excluding hydrogens is 404 g/mol. The lowest BCUT2D eigenvalue weighted by Crippen LogP contribution is -2.41. The van der Waals surface area contributed by atoms with Crippen molar-refractivity contribution in [3.63, 3.8) is 0 Å². The molecule has 1 amide bonds. The molecule has 1 aromatic carbocycles. The van der Waals surface area contributed by atoms with Crippen molar-refractivity contribution < 1.29 is 9.53 Å². The Balaban J connectivity index is 1.35. The molecule has 0 saturated carbocycles. The van der Waals surface area contributed by atoms with Crippen LogP contribution in [0.5, 0.6) is 0 Å². The van der Waals surface area contributed by atoms with Gasteiger partial charge in [-0.15, -0.1) is 0 Å². The second-order valence-corrected chi connectivity index (χ2v) is 8.56. The van der Waals surface area contributed by atoms with Crippen LogP contribution in [0.4, 0.5) is 0 Å². The van der Waals surface area contributed by atoms with Gasteiger partial charge in [0.15, 0.2) is 5.69 Å². The molecule has 0 unspecified atom stereocenters. The summed E-state index contributed by atoms with van der Waals surface area (Å²) in [4.78, 5) is 17.6. The van der Waals surface area contributed by atoms with E-state index in [-0.39, 0.29) is 5.91 Å². The molecule has 0 bridgehead atoms. The zero-order chi connectivity index (χ0) is 21.8. The summed E-state index contributed by atoms with van der Waals surface area (Å²) in [5, 5.41) is 11.8. The first-order valence-electron chi connectivity index (χ1n) is 11.5. The number of aromatic amines is 1. The molecule has 1 saturated heterocycles. The summed E-state index contributed by atoms with van der Waals surface area (Å²) >= 11 is 0. The Kier molecular flexibility index (Phi) is 6.31. The van der Waals surface area contributed by atoms with Crippen LogP contribution < -0.4 is 0 Å². The minimum absolute atomic E-state index is 0.0384. The smallest absolute Gasteiger partial charge is 0.274 e. The highest BCUT2D eigenvalue weighted by Crippen LogP contribution is 2.26.